The van der Waals surface area contributed by atoms with Crippen LogP contribution in [0.25, 0.3) is 10.2 Å². The van der Waals surface area contributed by atoms with Crippen molar-refractivity contribution in [2.24, 2.45) is 0 Å². The molecule has 0 radical (unpaired) electrons. The van der Waals surface area contributed by atoms with Crippen LogP contribution in [-0.4, -0.2) is 17.7 Å². The van der Waals surface area contributed by atoms with Crippen LogP contribution in [0.4, 0.5) is 5.13 Å². The Bertz CT molecular complexity index is 899. The number of benzene rings is 2. The van der Waals surface area contributed by atoms with Gasteiger partial charge in [-0.05, 0) is 30.3 Å². The third-order valence-electron chi connectivity index (χ3n) is 3.36. The Morgan fingerprint density at radius 1 is 1.13 bits per heavy atom. The minimum absolute atomic E-state index is 0.0562. The Balaban J connectivity index is 1.59. The zero-order valence-electron chi connectivity index (χ0n) is 11.9. The summed E-state index contributed by atoms with van der Waals surface area (Å²) < 4.78 is 25.2. The van der Waals surface area contributed by atoms with Gasteiger partial charge in [-0.3, -0.25) is 4.57 Å². The maximum Gasteiger partial charge on any atom is 0.243 e. The van der Waals surface area contributed by atoms with Crippen molar-refractivity contribution < 1.29 is 14.0 Å². The monoisotopic (exact) mass is 366 g/mol. The van der Waals surface area contributed by atoms with E-state index < -0.39 is 7.29 Å². The standard InChI is InChI=1S/C15H12ClN2O3PS/c16-10-5-6-11-14(7-10)23-15(17-11)18-22(19)8-20-12-3-1-2-4-13(12)21-9-22/h1-7H,8-9H2,(H,17,18,19). The van der Waals surface area contributed by atoms with Gasteiger partial charge in [0.1, 0.15) is 0 Å². The molecule has 8 heteroatoms. The number of nitrogens with one attached hydrogen (secondary N) is 1. The fourth-order valence-corrected chi connectivity index (χ4v) is 5.23. The first kappa shape index (κ1) is 14.8. The topological polar surface area (TPSA) is 60.5 Å². The van der Waals surface area contributed by atoms with Gasteiger partial charge in [0.2, 0.25) is 7.29 Å². The summed E-state index contributed by atoms with van der Waals surface area (Å²) in [4.78, 5) is 4.44. The number of thiazole rings is 1. The lowest BCUT2D eigenvalue weighted by Crippen LogP contribution is -2.09. The molecule has 0 spiro atoms. The number of ether oxygens (including phenoxy) is 2. The van der Waals surface area contributed by atoms with Gasteiger partial charge >= 0.3 is 0 Å². The largest absolute Gasteiger partial charge is 0.480 e. The van der Waals surface area contributed by atoms with Crippen molar-refractivity contribution in [3.05, 3.63) is 47.5 Å². The molecule has 0 atom stereocenters. The number of hydrogen-bond donors (Lipinski definition) is 1. The summed E-state index contributed by atoms with van der Waals surface area (Å²) >= 11 is 7.39. The van der Waals surface area contributed by atoms with E-state index in [0.29, 0.717) is 21.7 Å². The number of nitrogens with zero attached hydrogens (tertiary/aromatic N) is 1. The first-order valence-electron chi connectivity index (χ1n) is 6.88. The number of rotatable bonds is 2. The van der Waals surface area contributed by atoms with Crippen LogP contribution in [0.5, 0.6) is 11.5 Å². The van der Waals surface area contributed by atoms with Crippen LogP contribution in [0.2, 0.25) is 5.02 Å². The van der Waals surface area contributed by atoms with Gasteiger partial charge in [-0.15, -0.1) is 0 Å². The van der Waals surface area contributed by atoms with Crippen molar-refractivity contribution in [2.45, 2.75) is 0 Å². The third-order valence-corrected chi connectivity index (χ3v) is 6.39. The van der Waals surface area contributed by atoms with Crippen molar-refractivity contribution in [3.63, 3.8) is 0 Å². The van der Waals surface area contributed by atoms with Gasteiger partial charge in [0.15, 0.2) is 29.3 Å². The number of aromatic nitrogens is 1. The van der Waals surface area contributed by atoms with E-state index in [9.17, 15) is 4.57 Å². The fraction of sp³-hybridized carbons (Fsp3) is 0.133. The molecular formula is C15H12ClN2O3PS. The molecular weight excluding hydrogens is 355 g/mol. The van der Waals surface area contributed by atoms with Crippen LogP contribution in [-0.2, 0) is 4.57 Å². The first-order valence-corrected chi connectivity index (χ1v) is 10.2. The zero-order valence-corrected chi connectivity index (χ0v) is 14.3. The minimum Gasteiger partial charge on any atom is -0.480 e. The summed E-state index contributed by atoms with van der Waals surface area (Å²) in [6.45, 7) is 0. The van der Waals surface area contributed by atoms with Crippen molar-refractivity contribution in [3.8, 4) is 11.5 Å². The van der Waals surface area contributed by atoms with Gasteiger partial charge in [-0.1, -0.05) is 35.1 Å². The Kier molecular flexibility index (Phi) is 3.68. The molecule has 1 N–H and O–H groups in total. The molecule has 0 fully saturated rings. The second-order valence-electron chi connectivity index (χ2n) is 5.13. The van der Waals surface area contributed by atoms with Crippen LogP contribution in [0.15, 0.2) is 42.5 Å². The summed E-state index contributed by atoms with van der Waals surface area (Å²) in [5, 5.41) is 4.23. The Labute approximate surface area is 141 Å². The van der Waals surface area contributed by atoms with Crippen molar-refractivity contribution in [2.75, 3.05) is 17.8 Å². The smallest absolute Gasteiger partial charge is 0.243 e. The van der Waals surface area contributed by atoms with Crippen molar-refractivity contribution in [1.29, 1.82) is 0 Å². The zero-order chi connectivity index (χ0) is 15.9. The molecule has 118 valence electrons. The van der Waals surface area contributed by atoms with E-state index in [2.05, 4.69) is 10.1 Å². The molecule has 0 amide bonds. The maximum absolute atomic E-state index is 13.0. The Morgan fingerprint density at radius 3 is 2.52 bits per heavy atom. The highest BCUT2D eigenvalue weighted by Crippen LogP contribution is 2.50. The highest BCUT2D eigenvalue weighted by molar-refractivity contribution is 7.65. The highest BCUT2D eigenvalue weighted by atomic mass is 35.5. The Hall–Kier alpha value is -1.75. The van der Waals surface area contributed by atoms with Gasteiger partial charge in [-0.25, -0.2) is 4.98 Å². The average molecular weight is 367 g/mol. The van der Waals surface area contributed by atoms with E-state index in [4.69, 9.17) is 21.1 Å². The summed E-state index contributed by atoms with van der Waals surface area (Å²) in [6.07, 6.45) is 0.112. The predicted octanol–water partition coefficient (Wildman–Crippen LogP) is 5.03. The summed E-state index contributed by atoms with van der Waals surface area (Å²) in [6, 6.07) is 12.8. The lowest BCUT2D eigenvalue weighted by Gasteiger charge is -2.15. The molecule has 0 saturated carbocycles. The van der Waals surface area contributed by atoms with E-state index in [1.807, 2.05) is 24.3 Å². The van der Waals surface area contributed by atoms with Gasteiger partial charge < -0.3 is 14.6 Å². The SMILES string of the molecule is O=P1(Nc2nc3ccc(Cl)cc3s2)COc2ccccc2OC1. The molecule has 4 rings (SSSR count). The predicted molar refractivity (Wildman–Crippen MR) is 93.3 cm³/mol. The Morgan fingerprint density at radius 2 is 1.83 bits per heavy atom. The van der Waals surface area contributed by atoms with E-state index in [-0.39, 0.29) is 12.7 Å². The second kappa shape index (κ2) is 5.71. The molecule has 23 heavy (non-hydrogen) atoms. The molecule has 0 saturated heterocycles. The quantitative estimate of drug-likeness (QED) is 0.645. The molecule has 0 aliphatic carbocycles. The van der Waals surface area contributed by atoms with Gasteiger partial charge in [0.25, 0.3) is 0 Å². The normalized spacial score (nSPS) is 16.0. The van der Waals surface area contributed by atoms with E-state index in [1.165, 1.54) is 11.3 Å². The van der Waals surface area contributed by atoms with Crippen LogP contribution >= 0.6 is 30.2 Å². The van der Waals surface area contributed by atoms with Crippen molar-refractivity contribution >= 4 is 45.6 Å². The number of halogens is 1. The molecule has 5 nitrogen and oxygen atoms in total. The summed E-state index contributed by atoms with van der Waals surface area (Å²) in [7, 11) is -2.91. The summed E-state index contributed by atoms with van der Waals surface area (Å²) in [5.41, 5.74) is 0.813. The van der Waals surface area contributed by atoms with E-state index >= 15 is 0 Å². The van der Waals surface area contributed by atoms with Crippen LogP contribution in [0.3, 0.4) is 0 Å². The lowest BCUT2D eigenvalue weighted by atomic mass is 10.3. The molecule has 1 aliphatic heterocycles. The molecule has 0 unspecified atom stereocenters. The van der Waals surface area contributed by atoms with Gasteiger partial charge in [-0.2, -0.15) is 0 Å². The third kappa shape index (κ3) is 3.02. The molecule has 1 aromatic heterocycles. The summed E-state index contributed by atoms with van der Waals surface area (Å²) in [5.74, 6) is 1.20. The fourth-order valence-electron chi connectivity index (χ4n) is 2.26. The maximum atomic E-state index is 13.0. The minimum atomic E-state index is -2.91. The average Bonchev–Trinajstić information content (AvgIpc) is 2.84. The van der Waals surface area contributed by atoms with E-state index in [1.54, 1.807) is 18.2 Å². The number of hydrogen-bond acceptors (Lipinski definition) is 5. The number of anilines is 1. The van der Waals surface area contributed by atoms with Crippen LogP contribution in [0, 0.1) is 0 Å². The number of fused-ring (bicyclic) bond motifs is 2. The van der Waals surface area contributed by atoms with Gasteiger partial charge in [0.05, 0.1) is 10.2 Å². The molecule has 2 heterocycles. The highest BCUT2D eigenvalue weighted by Gasteiger charge is 2.29. The van der Waals surface area contributed by atoms with Crippen LogP contribution in [0.1, 0.15) is 0 Å². The molecule has 0 bridgehead atoms. The second-order valence-corrected chi connectivity index (χ2v) is 9.11. The van der Waals surface area contributed by atoms with E-state index in [0.717, 1.165) is 10.2 Å². The van der Waals surface area contributed by atoms with Crippen LogP contribution < -0.4 is 14.6 Å². The molecule has 2 aromatic carbocycles. The first-order chi connectivity index (χ1) is 11.1. The van der Waals surface area contributed by atoms with Crippen molar-refractivity contribution in [1.82, 2.24) is 4.98 Å². The number of para-hydroxylation sites is 2. The molecule has 1 aliphatic rings. The van der Waals surface area contributed by atoms with Gasteiger partial charge in [0, 0.05) is 5.02 Å². The lowest BCUT2D eigenvalue weighted by molar-refractivity contribution is 0.355. The molecule has 3 aromatic rings.